The molecular formula is C14H17F2N3O. The zero-order chi connectivity index (χ0) is 14.7. The van der Waals surface area contributed by atoms with Crippen LogP contribution < -0.4 is 10.1 Å². The molecule has 108 valence electrons. The van der Waals surface area contributed by atoms with Crippen LogP contribution in [0.4, 0.5) is 8.78 Å². The molecule has 1 heterocycles. The smallest absolute Gasteiger partial charge is 0.161 e. The van der Waals surface area contributed by atoms with Crippen LogP contribution in [0.3, 0.4) is 0 Å². The summed E-state index contributed by atoms with van der Waals surface area (Å²) in [5.74, 6) is -1.13. The Kier molecular flexibility index (Phi) is 4.34. The summed E-state index contributed by atoms with van der Waals surface area (Å²) in [5.41, 5.74) is 1.39. The number of aryl methyl sites for hydroxylation is 1. The summed E-state index contributed by atoms with van der Waals surface area (Å²) >= 11 is 0. The maximum Gasteiger partial charge on any atom is 0.161 e. The van der Waals surface area contributed by atoms with Crippen LogP contribution in [-0.2, 0) is 6.54 Å². The van der Waals surface area contributed by atoms with E-state index >= 15 is 0 Å². The molecule has 1 unspecified atom stereocenters. The fourth-order valence-corrected chi connectivity index (χ4v) is 2.23. The largest absolute Gasteiger partial charge is 0.493 e. The summed E-state index contributed by atoms with van der Waals surface area (Å²) in [6.45, 7) is 2.61. The fourth-order valence-electron chi connectivity index (χ4n) is 2.23. The number of benzene rings is 1. The van der Waals surface area contributed by atoms with Crippen LogP contribution in [0.2, 0.25) is 0 Å². The Balaban J connectivity index is 2.51. The molecule has 0 aliphatic carbocycles. The van der Waals surface area contributed by atoms with E-state index in [1.54, 1.807) is 31.1 Å². The number of methoxy groups -OCH3 is 1. The van der Waals surface area contributed by atoms with Gasteiger partial charge in [-0.25, -0.2) is 8.78 Å². The van der Waals surface area contributed by atoms with Gasteiger partial charge in [0.25, 0.3) is 0 Å². The molecule has 0 radical (unpaired) electrons. The predicted octanol–water partition coefficient (Wildman–Crippen LogP) is 2.50. The average molecular weight is 281 g/mol. The van der Waals surface area contributed by atoms with Crippen LogP contribution in [0.15, 0.2) is 24.4 Å². The minimum Gasteiger partial charge on any atom is -0.493 e. The molecule has 0 saturated heterocycles. The molecule has 2 rings (SSSR count). The molecule has 0 amide bonds. The molecule has 1 aromatic heterocycles. The van der Waals surface area contributed by atoms with E-state index in [9.17, 15) is 8.78 Å². The minimum absolute atomic E-state index is 0.331. The molecule has 0 saturated carbocycles. The van der Waals surface area contributed by atoms with Crippen LogP contribution in [-0.4, -0.2) is 23.9 Å². The summed E-state index contributed by atoms with van der Waals surface area (Å²) in [4.78, 5) is 0. The first-order valence-electron chi connectivity index (χ1n) is 6.34. The first-order valence-corrected chi connectivity index (χ1v) is 6.34. The van der Waals surface area contributed by atoms with E-state index in [1.165, 1.54) is 6.07 Å². The summed E-state index contributed by atoms with van der Waals surface area (Å²) in [6, 6.07) is 3.52. The zero-order valence-electron chi connectivity index (χ0n) is 11.7. The van der Waals surface area contributed by atoms with Crippen LogP contribution in [0.5, 0.6) is 5.75 Å². The third-order valence-corrected chi connectivity index (χ3v) is 3.20. The van der Waals surface area contributed by atoms with Gasteiger partial charge in [-0.1, -0.05) is 6.07 Å². The number of hydrogen-bond acceptors (Lipinski definition) is 3. The van der Waals surface area contributed by atoms with Gasteiger partial charge in [-0.2, -0.15) is 5.10 Å². The second kappa shape index (κ2) is 6.00. The van der Waals surface area contributed by atoms with E-state index in [1.807, 2.05) is 6.92 Å². The summed E-state index contributed by atoms with van der Waals surface area (Å²) < 4.78 is 33.5. The van der Waals surface area contributed by atoms with Crippen molar-refractivity contribution >= 4 is 0 Å². The van der Waals surface area contributed by atoms with Crippen molar-refractivity contribution in [2.75, 3.05) is 14.2 Å². The van der Waals surface area contributed by atoms with Gasteiger partial charge in [-0.15, -0.1) is 0 Å². The van der Waals surface area contributed by atoms with E-state index in [-0.39, 0.29) is 6.04 Å². The quantitative estimate of drug-likeness (QED) is 0.915. The lowest BCUT2D eigenvalue weighted by atomic mass is 10.0. The molecule has 2 aromatic rings. The van der Waals surface area contributed by atoms with Gasteiger partial charge in [0.05, 0.1) is 19.3 Å². The molecule has 1 aromatic carbocycles. The Bertz CT molecular complexity index is 577. The minimum atomic E-state index is -0.871. The van der Waals surface area contributed by atoms with Gasteiger partial charge in [0, 0.05) is 6.54 Å². The number of halogens is 2. The van der Waals surface area contributed by atoms with E-state index < -0.39 is 11.6 Å². The molecule has 0 fully saturated rings. The van der Waals surface area contributed by atoms with Gasteiger partial charge in [0.2, 0.25) is 0 Å². The molecule has 0 aliphatic heterocycles. The highest BCUT2D eigenvalue weighted by Gasteiger charge is 2.22. The molecule has 1 N–H and O–H groups in total. The molecule has 4 nitrogen and oxygen atoms in total. The van der Waals surface area contributed by atoms with Crippen LogP contribution in [0, 0.1) is 11.6 Å². The first kappa shape index (κ1) is 14.5. The third-order valence-electron chi connectivity index (χ3n) is 3.20. The van der Waals surface area contributed by atoms with Crippen molar-refractivity contribution in [3.63, 3.8) is 0 Å². The lowest BCUT2D eigenvalue weighted by Crippen LogP contribution is -2.22. The van der Waals surface area contributed by atoms with E-state index in [2.05, 4.69) is 10.4 Å². The average Bonchev–Trinajstić information content (AvgIpc) is 2.86. The maximum absolute atomic E-state index is 13.4. The Labute approximate surface area is 116 Å². The Morgan fingerprint density at radius 1 is 1.35 bits per heavy atom. The highest BCUT2D eigenvalue weighted by molar-refractivity contribution is 5.36. The van der Waals surface area contributed by atoms with Gasteiger partial charge in [-0.05, 0) is 31.7 Å². The standard InChI is InChI=1S/C14H17F2N3O/c1-4-19-14(12(20-3)8-18-19)13(17-2)9-5-6-10(15)11(16)7-9/h5-8,13,17H,4H2,1-3H3. The Hall–Kier alpha value is -1.95. The van der Waals surface area contributed by atoms with Gasteiger partial charge >= 0.3 is 0 Å². The van der Waals surface area contributed by atoms with Crippen molar-refractivity contribution in [1.29, 1.82) is 0 Å². The molecule has 0 bridgehead atoms. The lowest BCUT2D eigenvalue weighted by molar-refractivity contribution is 0.401. The fraction of sp³-hybridized carbons (Fsp3) is 0.357. The van der Waals surface area contributed by atoms with Gasteiger partial charge in [-0.3, -0.25) is 4.68 Å². The predicted molar refractivity (Wildman–Crippen MR) is 71.7 cm³/mol. The number of hydrogen-bond donors (Lipinski definition) is 1. The molecular weight excluding hydrogens is 264 g/mol. The summed E-state index contributed by atoms with van der Waals surface area (Å²) in [6.07, 6.45) is 1.61. The van der Waals surface area contributed by atoms with Crippen molar-refractivity contribution in [2.24, 2.45) is 0 Å². The van der Waals surface area contributed by atoms with E-state index in [0.717, 1.165) is 11.8 Å². The molecule has 6 heteroatoms. The van der Waals surface area contributed by atoms with Crippen LogP contribution >= 0.6 is 0 Å². The van der Waals surface area contributed by atoms with Crippen molar-refractivity contribution in [2.45, 2.75) is 19.5 Å². The molecule has 0 spiro atoms. The van der Waals surface area contributed by atoms with Crippen molar-refractivity contribution in [1.82, 2.24) is 15.1 Å². The zero-order valence-corrected chi connectivity index (χ0v) is 11.7. The second-order valence-electron chi connectivity index (χ2n) is 4.31. The summed E-state index contributed by atoms with van der Waals surface area (Å²) in [7, 11) is 3.30. The Morgan fingerprint density at radius 3 is 2.65 bits per heavy atom. The number of aromatic nitrogens is 2. The number of rotatable bonds is 5. The van der Waals surface area contributed by atoms with Gasteiger partial charge in [0.1, 0.15) is 5.69 Å². The van der Waals surface area contributed by atoms with Gasteiger partial charge in [0.15, 0.2) is 17.4 Å². The molecule has 0 aliphatic rings. The third kappa shape index (κ3) is 2.51. The van der Waals surface area contributed by atoms with Crippen molar-refractivity contribution < 1.29 is 13.5 Å². The van der Waals surface area contributed by atoms with Crippen molar-refractivity contribution in [3.05, 3.63) is 47.3 Å². The molecule has 20 heavy (non-hydrogen) atoms. The van der Waals surface area contributed by atoms with E-state index in [0.29, 0.717) is 17.9 Å². The summed E-state index contributed by atoms with van der Waals surface area (Å²) in [5, 5.41) is 7.31. The monoisotopic (exact) mass is 281 g/mol. The number of nitrogens with one attached hydrogen (secondary N) is 1. The van der Waals surface area contributed by atoms with Gasteiger partial charge < -0.3 is 10.1 Å². The second-order valence-corrected chi connectivity index (χ2v) is 4.31. The lowest BCUT2D eigenvalue weighted by Gasteiger charge is -2.19. The maximum atomic E-state index is 13.4. The SMILES string of the molecule is CCn1ncc(OC)c1C(NC)c1ccc(F)c(F)c1. The Morgan fingerprint density at radius 2 is 2.10 bits per heavy atom. The van der Waals surface area contributed by atoms with Crippen molar-refractivity contribution in [3.8, 4) is 5.75 Å². The topological polar surface area (TPSA) is 39.1 Å². The molecule has 1 atom stereocenters. The van der Waals surface area contributed by atoms with E-state index in [4.69, 9.17) is 4.74 Å². The number of nitrogens with zero attached hydrogens (tertiary/aromatic N) is 2. The number of ether oxygens (including phenoxy) is 1. The highest BCUT2D eigenvalue weighted by atomic mass is 19.2. The van der Waals surface area contributed by atoms with Crippen LogP contribution in [0.1, 0.15) is 24.2 Å². The van der Waals surface area contributed by atoms with Crippen LogP contribution in [0.25, 0.3) is 0 Å². The highest BCUT2D eigenvalue weighted by Crippen LogP contribution is 2.30. The first-order chi connectivity index (χ1) is 9.62. The normalized spacial score (nSPS) is 12.4.